The van der Waals surface area contributed by atoms with Crippen LogP contribution in [-0.4, -0.2) is 34.5 Å². The molecule has 12 heteroatoms. The van der Waals surface area contributed by atoms with Gasteiger partial charge in [0, 0.05) is 11.3 Å². The number of hydrogen-bond acceptors (Lipinski definition) is 4. The van der Waals surface area contributed by atoms with Gasteiger partial charge in [-0.25, -0.2) is 14.1 Å². The Bertz CT molecular complexity index is 921. The van der Waals surface area contributed by atoms with Crippen molar-refractivity contribution < 1.29 is 27.1 Å². The van der Waals surface area contributed by atoms with Gasteiger partial charge in [0.25, 0.3) is 11.9 Å². The van der Waals surface area contributed by atoms with E-state index in [0.717, 1.165) is 12.3 Å². The molecule has 7 nitrogen and oxygen atoms in total. The summed E-state index contributed by atoms with van der Waals surface area (Å²) in [4.78, 5) is 16.2. The van der Waals surface area contributed by atoms with Crippen molar-refractivity contribution >= 4 is 29.2 Å². The summed E-state index contributed by atoms with van der Waals surface area (Å²) in [7, 11) is 0.500. The molecule has 0 radical (unpaired) electrons. The summed E-state index contributed by atoms with van der Waals surface area (Å²) in [5.74, 6) is -1.38. The molecule has 0 bridgehead atoms. The first-order valence-electron chi connectivity index (χ1n) is 11.0. The third-order valence-electron chi connectivity index (χ3n) is 4.04. The van der Waals surface area contributed by atoms with Crippen molar-refractivity contribution in [2.45, 2.75) is 73.6 Å². The molecule has 1 heterocycles. The summed E-state index contributed by atoms with van der Waals surface area (Å²) in [5.41, 5.74) is 5.18. The Morgan fingerprint density at radius 3 is 2.31 bits per heavy atom. The van der Waals surface area contributed by atoms with Crippen LogP contribution in [0, 0.1) is 5.82 Å². The lowest BCUT2D eigenvalue weighted by atomic mass is 10.1. The summed E-state index contributed by atoms with van der Waals surface area (Å²) in [6.45, 7) is 10.5. The predicted molar refractivity (Wildman–Crippen MR) is 133 cm³/mol. The molecule has 35 heavy (non-hydrogen) atoms. The van der Waals surface area contributed by atoms with E-state index in [-0.39, 0.29) is 39.2 Å². The fraction of sp³-hybridized carbons (Fsp3) is 0.522. The van der Waals surface area contributed by atoms with E-state index in [1.807, 2.05) is 48.5 Å². The number of benzene rings is 1. The molecular formula is C23H36ClF4N5O2. The van der Waals surface area contributed by atoms with E-state index in [2.05, 4.69) is 15.4 Å². The molecule has 0 atom stereocenters. The molecule has 1 aromatic heterocycles. The van der Waals surface area contributed by atoms with Crippen molar-refractivity contribution in [3.63, 3.8) is 0 Å². The van der Waals surface area contributed by atoms with Crippen LogP contribution in [0.1, 0.15) is 77.5 Å². The Morgan fingerprint density at radius 2 is 1.83 bits per heavy atom. The van der Waals surface area contributed by atoms with Gasteiger partial charge in [0.05, 0.1) is 24.9 Å². The van der Waals surface area contributed by atoms with E-state index in [4.69, 9.17) is 22.1 Å². The summed E-state index contributed by atoms with van der Waals surface area (Å²) in [6.07, 6.45) is 1.54. The fourth-order valence-electron chi connectivity index (χ4n) is 2.14. The van der Waals surface area contributed by atoms with E-state index in [1.54, 1.807) is 0 Å². The van der Waals surface area contributed by atoms with Gasteiger partial charge in [-0.15, -0.1) is 0 Å². The number of amidine groups is 1. The molecule has 0 saturated heterocycles. The molecule has 2 aromatic rings. The highest BCUT2D eigenvalue weighted by Gasteiger charge is 2.20. The quantitative estimate of drug-likeness (QED) is 0.231. The van der Waals surface area contributed by atoms with Crippen LogP contribution < -0.4 is 11.1 Å². The lowest BCUT2D eigenvalue weighted by Gasteiger charge is -2.23. The number of alkyl halides is 3. The lowest BCUT2D eigenvalue weighted by molar-refractivity contribution is 0.0561. The molecule has 0 fully saturated rings. The second-order valence-corrected chi connectivity index (χ2v) is 7.12. The number of nitrogens with zero attached hydrogens (tertiary/aromatic N) is 3. The minimum Gasteiger partial charge on any atom is -0.459 e. The second-order valence-electron chi connectivity index (χ2n) is 6.71. The smallest absolute Gasteiger partial charge is 0.333 e. The second kappa shape index (κ2) is 17.6. The minimum atomic E-state index is -2.94. The highest BCUT2D eigenvalue weighted by atomic mass is 35.5. The maximum Gasteiger partial charge on any atom is 0.333 e. The minimum absolute atomic E-state index is 0.0880. The molecule has 1 amide bonds. The normalized spacial score (nSPS) is 10.7. The molecule has 200 valence electrons. The number of aliphatic imine (C=N–C) groups is 1. The van der Waals surface area contributed by atoms with Gasteiger partial charge in [0.2, 0.25) is 0 Å². The van der Waals surface area contributed by atoms with Gasteiger partial charge >= 0.3 is 6.55 Å². The average molecular weight is 526 g/mol. The van der Waals surface area contributed by atoms with Crippen molar-refractivity contribution in [2.75, 3.05) is 12.5 Å². The highest BCUT2D eigenvalue weighted by Crippen LogP contribution is 2.21. The van der Waals surface area contributed by atoms with Crippen LogP contribution >= 0.6 is 11.6 Å². The largest absolute Gasteiger partial charge is 0.459 e. The van der Waals surface area contributed by atoms with E-state index < -0.39 is 23.9 Å². The lowest BCUT2D eigenvalue weighted by Crippen LogP contribution is -2.31. The van der Waals surface area contributed by atoms with Crippen LogP contribution in [0.2, 0.25) is 5.02 Å². The Balaban J connectivity index is 0. The van der Waals surface area contributed by atoms with Gasteiger partial charge in [0.15, 0.2) is 5.69 Å². The molecule has 0 saturated carbocycles. The molecular weight excluding hydrogens is 490 g/mol. The molecule has 1 aromatic carbocycles. The van der Waals surface area contributed by atoms with E-state index in [0.29, 0.717) is 13.6 Å². The molecule has 0 unspecified atom stereocenters. The van der Waals surface area contributed by atoms with Gasteiger partial charge in [0.1, 0.15) is 11.4 Å². The zero-order valence-electron chi connectivity index (χ0n) is 21.4. The number of amides is 1. The third-order valence-corrected chi connectivity index (χ3v) is 4.32. The van der Waals surface area contributed by atoms with E-state index in [9.17, 15) is 22.4 Å². The first-order valence-corrected chi connectivity index (χ1v) is 11.4. The van der Waals surface area contributed by atoms with Crippen LogP contribution in [0.4, 0.5) is 23.2 Å². The molecule has 0 aliphatic carbocycles. The third kappa shape index (κ3) is 11.9. The Kier molecular flexibility index (Phi) is 17.3. The fourth-order valence-corrected chi connectivity index (χ4v) is 2.36. The zero-order valence-corrected chi connectivity index (χ0v) is 22.2. The average Bonchev–Trinajstić information content (AvgIpc) is 3.25. The standard InChI is InChI=1S/C18H21ClF3N5O2.2C2H6.CH3F/c1-4-18(2,3)29-17(23)24-8-10-7-11(5-6-13(10)20)25-15(28)14-12(19)9-27(26-14)16(21)22;3*1-2/h5-7,9,16H,4,8H2,1-3H3,(H2,23,24)(H,25,28);2*1-2H3;1H3. The highest BCUT2D eigenvalue weighted by molar-refractivity contribution is 6.34. The van der Waals surface area contributed by atoms with Crippen molar-refractivity contribution in [2.24, 2.45) is 10.7 Å². The number of aromatic nitrogens is 2. The molecule has 0 aliphatic rings. The summed E-state index contributed by atoms with van der Waals surface area (Å²) >= 11 is 5.77. The number of halogens is 5. The monoisotopic (exact) mass is 525 g/mol. The predicted octanol–water partition coefficient (Wildman–Crippen LogP) is 6.98. The number of anilines is 1. The van der Waals surface area contributed by atoms with E-state index >= 15 is 0 Å². The first kappa shape index (κ1) is 34.3. The van der Waals surface area contributed by atoms with Gasteiger partial charge in [-0.05, 0) is 38.5 Å². The van der Waals surface area contributed by atoms with Crippen LogP contribution in [0.25, 0.3) is 0 Å². The number of rotatable bonds is 7. The molecule has 3 N–H and O–H groups in total. The van der Waals surface area contributed by atoms with Crippen molar-refractivity contribution in [3.05, 3.63) is 46.5 Å². The number of ether oxygens (including phenoxy) is 1. The zero-order chi connectivity index (χ0) is 27.8. The Hall–Kier alpha value is -2.82. The summed E-state index contributed by atoms with van der Waals surface area (Å²) in [5, 5.41) is 5.64. The number of nitrogens with one attached hydrogen (secondary N) is 1. The Labute approximate surface area is 209 Å². The van der Waals surface area contributed by atoms with Gasteiger partial charge < -0.3 is 15.8 Å². The maximum atomic E-state index is 14.1. The number of carbonyl (C=O) groups is 1. The van der Waals surface area contributed by atoms with Crippen LogP contribution in [-0.2, 0) is 11.3 Å². The topological polar surface area (TPSA) is 94.5 Å². The van der Waals surface area contributed by atoms with Crippen molar-refractivity contribution in [1.29, 1.82) is 0 Å². The van der Waals surface area contributed by atoms with Gasteiger partial charge in [-0.2, -0.15) is 13.9 Å². The van der Waals surface area contributed by atoms with Crippen LogP contribution in [0.3, 0.4) is 0 Å². The number of nitrogens with two attached hydrogens (primary N) is 1. The van der Waals surface area contributed by atoms with Gasteiger partial charge in [-0.3, -0.25) is 9.18 Å². The number of hydrogen-bond donors (Lipinski definition) is 2. The van der Waals surface area contributed by atoms with Crippen molar-refractivity contribution in [3.8, 4) is 0 Å². The van der Waals surface area contributed by atoms with Crippen LogP contribution in [0.15, 0.2) is 29.4 Å². The van der Waals surface area contributed by atoms with Gasteiger partial charge in [-0.1, -0.05) is 46.2 Å². The van der Waals surface area contributed by atoms with Crippen molar-refractivity contribution in [1.82, 2.24) is 9.78 Å². The molecule has 0 spiro atoms. The molecule has 2 rings (SSSR count). The first-order chi connectivity index (χ1) is 16.5. The summed E-state index contributed by atoms with van der Waals surface area (Å²) in [6, 6.07) is 3.69. The maximum absolute atomic E-state index is 14.1. The SMILES string of the molecule is CC.CC.CCC(C)(C)OC(N)=NCc1cc(NC(=O)c2nn(C(F)F)cc2Cl)ccc1F.CF. The Morgan fingerprint density at radius 1 is 1.26 bits per heavy atom. The molecule has 0 aliphatic heterocycles. The number of carbonyl (C=O) groups excluding carboxylic acids is 1. The van der Waals surface area contributed by atoms with Crippen LogP contribution in [0.5, 0.6) is 0 Å². The van der Waals surface area contributed by atoms with E-state index in [1.165, 1.54) is 12.1 Å². The summed E-state index contributed by atoms with van der Waals surface area (Å²) < 4.78 is 54.6.